The average Bonchev–Trinajstić information content (AvgIpc) is 3.46. The van der Waals surface area contributed by atoms with Crippen LogP contribution in [0.2, 0.25) is 0 Å². The fourth-order valence-electron chi connectivity index (χ4n) is 3.71. The summed E-state index contributed by atoms with van der Waals surface area (Å²) in [5, 5.41) is 9.85. The summed E-state index contributed by atoms with van der Waals surface area (Å²) in [5.41, 5.74) is 2.34. The molecule has 11 heteroatoms. The second kappa shape index (κ2) is 8.69. The van der Waals surface area contributed by atoms with Gasteiger partial charge >= 0.3 is 0 Å². The van der Waals surface area contributed by atoms with Crippen molar-refractivity contribution in [2.45, 2.75) is 12.5 Å². The van der Waals surface area contributed by atoms with Crippen LogP contribution in [0.3, 0.4) is 0 Å². The van der Waals surface area contributed by atoms with Crippen LogP contribution >= 0.6 is 0 Å². The fourth-order valence-corrected chi connectivity index (χ4v) is 3.71. The molecule has 2 N–H and O–H groups in total. The zero-order chi connectivity index (χ0) is 23.7. The van der Waals surface area contributed by atoms with E-state index in [1.54, 1.807) is 16.7 Å². The molecule has 0 aliphatic carbocycles. The van der Waals surface area contributed by atoms with E-state index >= 15 is 0 Å². The molecule has 2 amide bonds. The highest BCUT2D eigenvalue weighted by molar-refractivity contribution is 6.04. The smallest absolute Gasteiger partial charge is 0.274 e. The summed E-state index contributed by atoms with van der Waals surface area (Å²) in [5.74, 6) is -0.0277. The number of aryl methyl sites for hydroxylation is 1. The van der Waals surface area contributed by atoms with E-state index in [0.29, 0.717) is 28.4 Å². The average molecular weight is 462 g/mol. The van der Waals surface area contributed by atoms with Gasteiger partial charge in [-0.05, 0) is 30.7 Å². The van der Waals surface area contributed by atoms with E-state index in [9.17, 15) is 9.59 Å². The molecule has 1 saturated heterocycles. The Balaban J connectivity index is 1.39. The Morgan fingerprint density at radius 3 is 2.85 bits per heavy atom. The Kier molecular flexibility index (Phi) is 5.56. The highest BCUT2D eigenvalue weighted by atomic mass is 16.5. The van der Waals surface area contributed by atoms with Gasteiger partial charge in [-0.3, -0.25) is 14.0 Å². The number of nitrogens with zero attached hydrogens (tertiary/aromatic N) is 4. The van der Waals surface area contributed by atoms with Crippen LogP contribution in [0, 0.1) is 6.92 Å². The van der Waals surface area contributed by atoms with E-state index in [0.717, 1.165) is 5.56 Å². The molecule has 1 aliphatic rings. The second-order valence-electron chi connectivity index (χ2n) is 8.04. The second-order valence-corrected chi connectivity index (χ2v) is 8.04. The number of pyridine rings is 1. The predicted octanol–water partition coefficient (Wildman–Crippen LogP) is 1.93. The molecule has 5 rings (SSSR count). The zero-order valence-corrected chi connectivity index (χ0v) is 18.6. The maximum atomic E-state index is 12.9. The van der Waals surface area contributed by atoms with Gasteiger partial charge in [-0.15, -0.1) is 0 Å². The Labute approximate surface area is 194 Å². The molecular formula is C23H22N6O5. The molecule has 0 unspecified atom stereocenters. The van der Waals surface area contributed by atoms with Gasteiger partial charge in [0.2, 0.25) is 11.7 Å². The quantitative estimate of drug-likeness (QED) is 0.426. The minimum atomic E-state index is -0.883. The summed E-state index contributed by atoms with van der Waals surface area (Å²) in [4.78, 5) is 33.7. The van der Waals surface area contributed by atoms with Crippen molar-refractivity contribution in [1.82, 2.24) is 24.8 Å². The van der Waals surface area contributed by atoms with Crippen LogP contribution in [0.25, 0.3) is 17.0 Å². The fraction of sp³-hybridized carbons (Fsp3) is 0.261. The molecule has 4 heterocycles. The van der Waals surface area contributed by atoms with Crippen LogP contribution < -0.4 is 10.6 Å². The molecule has 34 heavy (non-hydrogen) atoms. The van der Waals surface area contributed by atoms with Gasteiger partial charge < -0.3 is 24.6 Å². The summed E-state index contributed by atoms with van der Waals surface area (Å²) in [6.45, 7) is 2.25. The van der Waals surface area contributed by atoms with E-state index in [4.69, 9.17) is 14.0 Å². The van der Waals surface area contributed by atoms with Gasteiger partial charge in [0.1, 0.15) is 17.9 Å². The van der Waals surface area contributed by atoms with Crippen molar-refractivity contribution >= 4 is 23.1 Å². The lowest BCUT2D eigenvalue weighted by Gasteiger charge is -2.38. The van der Waals surface area contributed by atoms with E-state index in [1.165, 1.54) is 13.3 Å². The highest BCUT2D eigenvalue weighted by Crippen LogP contribution is 2.31. The molecule has 174 valence electrons. The first-order chi connectivity index (χ1) is 16.5. The topological polar surface area (TPSA) is 133 Å². The first-order valence-corrected chi connectivity index (χ1v) is 10.6. The largest absolute Gasteiger partial charge is 0.375 e. The first kappa shape index (κ1) is 21.7. The third-order valence-electron chi connectivity index (χ3n) is 5.58. The van der Waals surface area contributed by atoms with Gasteiger partial charge in [-0.2, -0.15) is 4.98 Å². The normalized spacial score (nSPS) is 14.5. The maximum absolute atomic E-state index is 12.9. The summed E-state index contributed by atoms with van der Waals surface area (Å²) in [7, 11) is 1.44. The van der Waals surface area contributed by atoms with Gasteiger partial charge in [0.25, 0.3) is 11.8 Å². The van der Waals surface area contributed by atoms with Gasteiger partial charge in [0.05, 0.1) is 19.4 Å². The number of hydrogen-bond acceptors (Lipinski definition) is 8. The monoisotopic (exact) mass is 462 g/mol. The number of rotatable bonds is 7. The number of carbonyl (C=O) groups is 2. The van der Waals surface area contributed by atoms with E-state index < -0.39 is 5.54 Å². The number of imidazole rings is 1. The molecule has 4 aromatic rings. The third-order valence-corrected chi connectivity index (χ3v) is 5.58. The molecule has 0 radical (unpaired) electrons. The number of benzene rings is 1. The van der Waals surface area contributed by atoms with E-state index in [1.807, 2.05) is 37.3 Å². The summed E-state index contributed by atoms with van der Waals surface area (Å²) >= 11 is 0. The Morgan fingerprint density at radius 1 is 1.24 bits per heavy atom. The number of fused-ring (bicyclic) bond motifs is 1. The third kappa shape index (κ3) is 3.91. The minimum absolute atomic E-state index is 0.0871. The number of carbonyl (C=O) groups excluding carboxylic acids is 2. The number of aromatic nitrogens is 4. The summed E-state index contributed by atoms with van der Waals surface area (Å²) in [6.07, 6.45) is 3.32. The van der Waals surface area contributed by atoms with Crippen molar-refractivity contribution in [3.63, 3.8) is 0 Å². The molecule has 11 nitrogen and oxygen atoms in total. The molecule has 0 spiro atoms. The maximum Gasteiger partial charge on any atom is 0.274 e. The summed E-state index contributed by atoms with van der Waals surface area (Å²) in [6, 6.07) is 11.0. The number of hydrogen-bond donors (Lipinski definition) is 2. The SMILES string of the molecule is COCC(=O)NC1(c2nc(-c3ccc(C)c(NC(=O)c4cnc5ccccn45)c3)no2)COC1. The summed E-state index contributed by atoms with van der Waals surface area (Å²) < 4.78 is 17.4. The van der Waals surface area contributed by atoms with Crippen LogP contribution in [0.15, 0.2) is 53.3 Å². The van der Waals surface area contributed by atoms with Crippen molar-refractivity contribution in [2.75, 3.05) is 32.2 Å². The molecule has 1 aliphatic heterocycles. The number of anilines is 1. The van der Waals surface area contributed by atoms with Crippen LogP contribution in [0.4, 0.5) is 5.69 Å². The van der Waals surface area contributed by atoms with E-state index in [-0.39, 0.29) is 37.5 Å². The predicted molar refractivity (Wildman–Crippen MR) is 120 cm³/mol. The van der Waals surface area contributed by atoms with Crippen molar-refractivity contribution in [3.8, 4) is 11.4 Å². The van der Waals surface area contributed by atoms with Crippen molar-refractivity contribution in [2.24, 2.45) is 0 Å². The lowest BCUT2D eigenvalue weighted by atomic mass is 9.97. The van der Waals surface area contributed by atoms with Crippen LogP contribution in [0.5, 0.6) is 0 Å². The van der Waals surface area contributed by atoms with Gasteiger partial charge in [-0.1, -0.05) is 23.4 Å². The number of ether oxygens (including phenoxy) is 2. The highest BCUT2D eigenvalue weighted by Gasteiger charge is 2.47. The standard InChI is InChI=1S/C23H22N6O5/c1-14-6-7-15(9-16(14)25-21(31)17-10-24-18-5-3-4-8-29(17)18)20-26-22(34-28-20)23(12-33-13-23)27-19(30)11-32-2/h3-10H,11-13H2,1-2H3,(H,25,31)(H,27,30). The van der Waals surface area contributed by atoms with Crippen LogP contribution in [-0.4, -0.2) is 58.3 Å². The molecule has 0 bridgehead atoms. The number of amides is 2. The lowest BCUT2D eigenvalue weighted by Crippen LogP contribution is -2.60. The zero-order valence-electron chi connectivity index (χ0n) is 18.6. The first-order valence-electron chi connectivity index (χ1n) is 10.6. The molecule has 3 aromatic heterocycles. The molecule has 1 fully saturated rings. The van der Waals surface area contributed by atoms with Crippen molar-refractivity contribution in [3.05, 3.63) is 65.9 Å². The molecule has 1 aromatic carbocycles. The molecular weight excluding hydrogens is 440 g/mol. The number of nitrogens with one attached hydrogen (secondary N) is 2. The minimum Gasteiger partial charge on any atom is -0.375 e. The van der Waals surface area contributed by atoms with Gasteiger partial charge in [0, 0.05) is 24.6 Å². The molecule has 0 saturated carbocycles. The van der Waals surface area contributed by atoms with E-state index in [2.05, 4.69) is 25.8 Å². The van der Waals surface area contributed by atoms with Crippen molar-refractivity contribution in [1.29, 1.82) is 0 Å². The van der Waals surface area contributed by atoms with Crippen molar-refractivity contribution < 1.29 is 23.6 Å². The Bertz CT molecular complexity index is 1370. The lowest BCUT2D eigenvalue weighted by molar-refractivity contribution is -0.140. The van der Waals surface area contributed by atoms with Crippen LogP contribution in [0.1, 0.15) is 21.9 Å². The van der Waals surface area contributed by atoms with Gasteiger partial charge in [0.15, 0.2) is 5.54 Å². The number of methoxy groups -OCH3 is 1. The van der Waals surface area contributed by atoms with Gasteiger partial charge in [-0.25, -0.2) is 4.98 Å². The molecule has 0 atom stereocenters. The van der Waals surface area contributed by atoms with Crippen LogP contribution in [-0.2, 0) is 19.8 Å². The Hall–Kier alpha value is -4.09. The Morgan fingerprint density at radius 2 is 2.09 bits per heavy atom.